The smallest absolute Gasteiger partial charge is 0.213 e. The fraction of sp³-hybridized carbons (Fsp3) is 0.444. The number of hydrogen-bond donors (Lipinski definition) is 0. The molecule has 0 bridgehead atoms. The van der Waals surface area contributed by atoms with E-state index in [1.54, 1.807) is 0 Å². The minimum absolute atomic E-state index is 0.731. The molecule has 0 aliphatic heterocycles. The number of halogens is 1. The first kappa shape index (κ1) is 9.77. The van der Waals surface area contributed by atoms with Gasteiger partial charge >= 0.3 is 0 Å². The molecule has 12 heavy (non-hydrogen) atoms. The van der Waals surface area contributed by atoms with E-state index in [1.807, 2.05) is 12.3 Å². The predicted octanol–water partition coefficient (Wildman–Crippen LogP) is 2.78. The lowest BCUT2D eigenvalue weighted by Crippen LogP contribution is -1.97. The summed E-state index contributed by atoms with van der Waals surface area (Å²) in [4.78, 5) is 4.15. The van der Waals surface area contributed by atoms with Gasteiger partial charge in [-0.1, -0.05) is 6.92 Å². The third-order valence-corrected chi connectivity index (χ3v) is 2.61. The molecule has 0 aromatic carbocycles. The zero-order chi connectivity index (χ0) is 8.97. The van der Waals surface area contributed by atoms with Gasteiger partial charge < -0.3 is 4.74 Å². The highest BCUT2D eigenvalue weighted by molar-refractivity contribution is 14.1. The van der Waals surface area contributed by atoms with Crippen LogP contribution in [0, 0.1) is 10.5 Å². The van der Waals surface area contributed by atoms with Gasteiger partial charge in [0.15, 0.2) is 0 Å². The molecular formula is C9H12INO. The number of aryl methyl sites for hydroxylation is 1. The van der Waals surface area contributed by atoms with Gasteiger partial charge in [0.2, 0.25) is 5.88 Å². The first-order valence-electron chi connectivity index (χ1n) is 3.99. The quantitative estimate of drug-likeness (QED) is 0.792. The molecule has 0 unspecified atom stereocenters. The fourth-order valence-corrected chi connectivity index (χ4v) is 1.09. The third kappa shape index (κ3) is 2.62. The molecule has 0 atom stereocenters. The second kappa shape index (κ2) is 4.64. The molecular weight excluding hydrogens is 265 g/mol. The first-order chi connectivity index (χ1) is 5.74. The van der Waals surface area contributed by atoms with Gasteiger partial charge in [0.05, 0.1) is 6.61 Å². The number of pyridine rings is 1. The second-order valence-electron chi connectivity index (χ2n) is 2.62. The van der Waals surface area contributed by atoms with Crippen LogP contribution in [0.3, 0.4) is 0 Å². The van der Waals surface area contributed by atoms with Gasteiger partial charge in [0, 0.05) is 15.8 Å². The van der Waals surface area contributed by atoms with Crippen LogP contribution in [-0.2, 0) is 0 Å². The zero-order valence-corrected chi connectivity index (χ0v) is 9.46. The third-order valence-electron chi connectivity index (χ3n) is 1.48. The van der Waals surface area contributed by atoms with Gasteiger partial charge in [-0.15, -0.1) is 0 Å². The molecule has 0 saturated carbocycles. The van der Waals surface area contributed by atoms with E-state index in [0.29, 0.717) is 0 Å². The highest BCUT2D eigenvalue weighted by Crippen LogP contribution is 2.15. The first-order valence-corrected chi connectivity index (χ1v) is 5.07. The average molecular weight is 277 g/mol. The average Bonchev–Trinajstić information content (AvgIpc) is 2.07. The van der Waals surface area contributed by atoms with Gasteiger partial charge in [-0.25, -0.2) is 4.98 Å². The summed E-state index contributed by atoms with van der Waals surface area (Å²) >= 11 is 2.26. The van der Waals surface area contributed by atoms with E-state index in [9.17, 15) is 0 Å². The molecule has 0 fully saturated rings. The van der Waals surface area contributed by atoms with E-state index in [1.165, 1.54) is 9.13 Å². The number of hydrogen-bond acceptors (Lipinski definition) is 2. The van der Waals surface area contributed by atoms with Crippen molar-refractivity contribution in [2.75, 3.05) is 6.61 Å². The monoisotopic (exact) mass is 277 g/mol. The number of ether oxygens (including phenoxy) is 1. The Morgan fingerprint density at radius 3 is 2.92 bits per heavy atom. The lowest BCUT2D eigenvalue weighted by molar-refractivity contribution is 0.305. The van der Waals surface area contributed by atoms with E-state index in [4.69, 9.17) is 4.74 Å². The van der Waals surface area contributed by atoms with Crippen LogP contribution in [0.2, 0.25) is 0 Å². The van der Waals surface area contributed by atoms with Crippen LogP contribution in [0.15, 0.2) is 12.3 Å². The lowest BCUT2D eigenvalue weighted by atomic mass is 10.3. The Hall–Kier alpha value is -0.320. The lowest BCUT2D eigenvalue weighted by Gasteiger charge is -2.04. The Morgan fingerprint density at radius 2 is 2.33 bits per heavy atom. The minimum atomic E-state index is 0.731. The summed E-state index contributed by atoms with van der Waals surface area (Å²) in [6.07, 6.45) is 2.85. The van der Waals surface area contributed by atoms with Gasteiger partial charge in [-0.3, -0.25) is 0 Å². The maximum Gasteiger partial charge on any atom is 0.213 e. The summed E-state index contributed by atoms with van der Waals surface area (Å²) in [5.41, 5.74) is 1.22. The van der Waals surface area contributed by atoms with Crippen LogP contribution in [0.4, 0.5) is 0 Å². The predicted molar refractivity (Wildman–Crippen MR) is 57.5 cm³/mol. The van der Waals surface area contributed by atoms with Crippen molar-refractivity contribution in [1.82, 2.24) is 4.98 Å². The molecule has 66 valence electrons. The summed E-state index contributed by atoms with van der Waals surface area (Å²) in [7, 11) is 0. The minimum Gasteiger partial charge on any atom is -0.478 e. The van der Waals surface area contributed by atoms with E-state index in [-0.39, 0.29) is 0 Å². The van der Waals surface area contributed by atoms with Gasteiger partial charge in [0.25, 0.3) is 0 Å². The zero-order valence-electron chi connectivity index (χ0n) is 7.30. The SMILES string of the molecule is CCCOc1cc(C)c(I)cn1. The normalized spacial score (nSPS) is 9.92. The van der Waals surface area contributed by atoms with Crippen molar-refractivity contribution in [2.24, 2.45) is 0 Å². The Balaban J connectivity index is 2.69. The van der Waals surface area contributed by atoms with Crippen molar-refractivity contribution < 1.29 is 4.74 Å². The van der Waals surface area contributed by atoms with Crippen molar-refractivity contribution in [1.29, 1.82) is 0 Å². The van der Waals surface area contributed by atoms with Gasteiger partial charge in [-0.2, -0.15) is 0 Å². The molecule has 3 heteroatoms. The molecule has 1 aromatic heterocycles. The van der Waals surface area contributed by atoms with Gasteiger partial charge in [0.1, 0.15) is 0 Å². The fourth-order valence-electron chi connectivity index (χ4n) is 0.799. The van der Waals surface area contributed by atoms with Crippen LogP contribution in [-0.4, -0.2) is 11.6 Å². The number of aromatic nitrogens is 1. The van der Waals surface area contributed by atoms with Crippen molar-refractivity contribution in [3.63, 3.8) is 0 Å². The number of nitrogens with zero attached hydrogens (tertiary/aromatic N) is 1. The van der Waals surface area contributed by atoms with Crippen LogP contribution >= 0.6 is 22.6 Å². The maximum atomic E-state index is 5.38. The van der Waals surface area contributed by atoms with E-state index in [0.717, 1.165) is 18.9 Å². The van der Waals surface area contributed by atoms with Gasteiger partial charge in [-0.05, 0) is 41.5 Å². The van der Waals surface area contributed by atoms with Crippen LogP contribution in [0.1, 0.15) is 18.9 Å². The molecule has 0 N–H and O–H groups in total. The molecule has 0 aliphatic carbocycles. The Labute approximate surface area is 86.5 Å². The summed E-state index contributed by atoms with van der Waals surface area (Å²) in [5.74, 6) is 0.731. The van der Waals surface area contributed by atoms with Crippen LogP contribution < -0.4 is 4.74 Å². The highest BCUT2D eigenvalue weighted by Gasteiger charge is 1.98. The Kier molecular flexibility index (Phi) is 3.78. The molecule has 0 radical (unpaired) electrons. The van der Waals surface area contributed by atoms with Crippen molar-refractivity contribution in [2.45, 2.75) is 20.3 Å². The molecule has 0 amide bonds. The molecule has 1 rings (SSSR count). The van der Waals surface area contributed by atoms with E-state index < -0.39 is 0 Å². The van der Waals surface area contributed by atoms with Crippen molar-refractivity contribution >= 4 is 22.6 Å². The molecule has 2 nitrogen and oxygen atoms in total. The Bertz CT molecular complexity index is 263. The van der Waals surface area contributed by atoms with E-state index >= 15 is 0 Å². The summed E-state index contributed by atoms with van der Waals surface area (Å²) in [6.45, 7) is 4.88. The van der Waals surface area contributed by atoms with Crippen molar-refractivity contribution in [3.8, 4) is 5.88 Å². The summed E-state index contributed by atoms with van der Waals surface area (Å²) < 4.78 is 6.55. The maximum absolute atomic E-state index is 5.38. The van der Waals surface area contributed by atoms with E-state index in [2.05, 4.69) is 41.4 Å². The van der Waals surface area contributed by atoms with Crippen LogP contribution in [0.25, 0.3) is 0 Å². The summed E-state index contributed by atoms with van der Waals surface area (Å²) in [6, 6.07) is 1.97. The molecule has 1 aromatic rings. The molecule has 0 saturated heterocycles. The summed E-state index contributed by atoms with van der Waals surface area (Å²) in [5, 5.41) is 0. The van der Waals surface area contributed by atoms with Crippen molar-refractivity contribution in [3.05, 3.63) is 21.4 Å². The second-order valence-corrected chi connectivity index (χ2v) is 3.78. The van der Waals surface area contributed by atoms with Crippen LogP contribution in [0.5, 0.6) is 5.88 Å². The topological polar surface area (TPSA) is 22.1 Å². The number of rotatable bonds is 3. The molecule has 0 spiro atoms. The largest absolute Gasteiger partial charge is 0.478 e. The molecule has 1 heterocycles. The standard InChI is InChI=1S/C9H12INO/c1-3-4-12-9-5-7(2)8(10)6-11-9/h5-6H,3-4H2,1-2H3. The Morgan fingerprint density at radius 1 is 1.58 bits per heavy atom. The highest BCUT2D eigenvalue weighted by atomic mass is 127. The molecule has 0 aliphatic rings.